The monoisotopic (exact) mass is 619 g/mol. The Labute approximate surface area is 254 Å². The van der Waals surface area contributed by atoms with Crippen LogP contribution in [0.2, 0.25) is 5.02 Å². The molecular formula is C31H25ClF3N7O2. The van der Waals surface area contributed by atoms with Crippen LogP contribution >= 0.6 is 11.6 Å². The number of pyridine rings is 1. The highest BCUT2D eigenvalue weighted by Gasteiger charge is 2.24. The second-order valence-electron chi connectivity index (χ2n) is 10.5. The summed E-state index contributed by atoms with van der Waals surface area (Å²) in [6.07, 6.45) is 2.70. The first-order valence-electron chi connectivity index (χ1n) is 13.8. The van der Waals surface area contributed by atoms with Crippen LogP contribution < -0.4 is 10.9 Å². The highest BCUT2D eigenvalue weighted by atomic mass is 35.5. The van der Waals surface area contributed by atoms with Crippen LogP contribution in [0.5, 0.6) is 0 Å². The van der Waals surface area contributed by atoms with E-state index in [1.165, 1.54) is 23.0 Å². The molecule has 0 aliphatic carbocycles. The number of para-hydroxylation sites is 1. The topological polar surface area (TPSA) is 108 Å². The zero-order valence-corrected chi connectivity index (χ0v) is 24.0. The normalized spacial score (nSPS) is 17.0. The highest BCUT2D eigenvalue weighted by Crippen LogP contribution is 2.34. The third-order valence-electron chi connectivity index (χ3n) is 7.66. The third kappa shape index (κ3) is 5.60. The van der Waals surface area contributed by atoms with Crippen LogP contribution in [0.4, 0.5) is 18.9 Å². The lowest BCUT2D eigenvalue weighted by Crippen LogP contribution is -2.27. The Morgan fingerprint density at radius 2 is 1.86 bits per heavy atom. The van der Waals surface area contributed by atoms with Gasteiger partial charge in [0.25, 0.3) is 12.0 Å². The average molecular weight is 620 g/mol. The van der Waals surface area contributed by atoms with Crippen molar-refractivity contribution in [2.24, 2.45) is 5.92 Å². The number of amides is 1. The molecule has 0 radical (unpaired) electrons. The smallest absolute Gasteiger partial charge is 0.283 e. The molecule has 5 aromatic rings. The molecule has 2 aromatic carbocycles. The highest BCUT2D eigenvalue weighted by molar-refractivity contribution is 6.31. The van der Waals surface area contributed by atoms with E-state index in [4.69, 9.17) is 11.6 Å². The number of rotatable bonds is 4. The Morgan fingerprint density at radius 1 is 1.05 bits per heavy atom. The molecule has 4 heterocycles. The van der Waals surface area contributed by atoms with Gasteiger partial charge >= 0.3 is 0 Å². The lowest BCUT2D eigenvalue weighted by Gasteiger charge is -2.23. The van der Waals surface area contributed by atoms with E-state index in [1.54, 1.807) is 6.20 Å². The summed E-state index contributed by atoms with van der Waals surface area (Å²) < 4.78 is 44.2. The van der Waals surface area contributed by atoms with Gasteiger partial charge in [0, 0.05) is 29.4 Å². The third-order valence-corrected chi connectivity index (χ3v) is 7.95. The van der Waals surface area contributed by atoms with Crippen LogP contribution in [-0.4, -0.2) is 35.4 Å². The standard InChI is InChI=1S/C31H25ClF3N7O2/c1-17-5-4-8-25(22-13-18(11-12-36-22)19-6-2-3-7-21(19)38-31(17)44)41-16-37-23(14-27(41)43)28-26(10-9-20(32)29(28)33)42-15-24(30(34)35)39-40-42/h2-3,6-7,9-17,25,30H,4-5,8H2,1H3,(H,38,44). The maximum absolute atomic E-state index is 15.4. The Morgan fingerprint density at radius 3 is 2.64 bits per heavy atom. The summed E-state index contributed by atoms with van der Waals surface area (Å²) >= 11 is 6.07. The van der Waals surface area contributed by atoms with Gasteiger partial charge in [0.1, 0.15) is 5.69 Å². The first-order chi connectivity index (χ1) is 21.2. The Kier molecular flexibility index (Phi) is 8.00. The molecule has 224 valence electrons. The molecule has 9 nitrogen and oxygen atoms in total. The van der Waals surface area contributed by atoms with Gasteiger partial charge in [-0.15, -0.1) is 5.10 Å². The molecule has 3 aromatic heterocycles. The van der Waals surface area contributed by atoms with Gasteiger partial charge in [-0.2, -0.15) is 0 Å². The zero-order valence-electron chi connectivity index (χ0n) is 23.3. The molecule has 1 N–H and O–H groups in total. The van der Waals surface area contributed by atoms with Crippen molar-refractivity contribution in [1.82, 2.24) is 29.5 Å². The van der Waals surface area contributed by atoms with Crippen LogP contribution in [0.25, 0.3) is 28.1 Å². The van der Waals surface area contributed by atoms with Gasteiger partial charge in [0.2, 0.25) is 5.91 Å². The van der Waals surface area contributed by atoms with E-state index in [-0.39, 0.29) is 33.8 Å². The summed E-state index contributed by atoms with van der Waals surface area (Å²) in [5.41, 5.74) is 1.59. The number of fused-ring (bicyclic) bond motifs is 4. The molecule has 6 rings (SSSR count). The fraction of sp³-hybridized carbons (Fsp3) is 0.226. The molecule has 2 unspecified atom stereocenters. The van der Waals surface area contributed by atoms with Crippen LogP contribution in [0.15, 0.2) is 78.1 Å². The van der Waals surface area contributed by atoms with Gasteiger partial charge in [0.15, 0.2) is 5.82 Å². The summed E-state index contributed by atoms with van der Waals surface area (Å²) in [5.74, 6) is -1.27. The van der Waals surface area contributed by atoms with Crippen LogP contribution in [0.3, 0.4) is 0 Å². The summed E-state index contributed by atoms with van der Waals surface area (Å²) in [4.78, 5) is 35.6. The van der Waals surface area contributed by atoms with E-state index in [2.05, 4.69) is 25.6 Å². The number of anilines is 1. The lowest BCUT2D eigenvalue weighted by molar-refractivity contribution is -0.119. The number of hydrogen-bond donors (Lipinski definition) is 1. The number of nitrogens with one attached hydrogen (secondary N) is 1. The number of halogens is 4. The summed E-state index contributed by atoms with van der Waals surface area (Å²) in [5, 5.41) is 9.92. The SMILES string of the molecule is CC1CCCC(n2cnc(-c3c(-n4cc(C(F)F)nn4)ccc(Cl)c3F)cc2=O)c2cc(ccn2)-c2ccccc2NC1=O. The fourth-order valence-corrected chi connectivity index (χ4v) is 5.48. The number of nitrogens with zero attached hydrogens (tertiary/aromatic N) is 6. The first kappa shape index (κ1) is 29.2. The molecule has 0 spiro atoms. The molecular weight excluding hydrogens is 595 g/mol. The molecule has 0 saturated heterocycles. The largest absolute Gasteiger partial charge is 0.325 e. The molecule has 0 fully saturated rings. The molecule has 1 amide bonds. The van der Waals surface area contributed by atoms with Crippen molar-refractivity contribution < 1.29 is 18.0 Å². The van der Waals surface area contributed by atoms with Crippen molar-refractivity contribution >= 4 is 23.2 Å². The van der Waals surface area contributed by atoms with Crippen molar-refractivity contribution in [2.75, 3.05) is 5.32 Å². The van der Waals surface area contributed by atoms with E-state index in [0.29, 0.717) is 30.6 Å². The van der Waals surface area contributed by atoms with E-state index in [1.807, 2.05) is 43.3 Å². The molecule has 2 atom stereocenters. The number of carbonyl (C=O) groups is 1. The minimum Gasteiger partial charge on any atom is -0.325 e. The number of carbonyl (C=O) groups excluding carboxylic acids is 1. The van der Waals surface area contributed by atoms with Crippen LogP contribution in [0, 0.1) is 11.7 Å². The van der Waals surface area contributed by atoms with E-state index >= 15 is 4.39 Å². The predicted molar refractivity (Wildman–Crippen MR) is 158 cm³/mol. The van der Waals surface area contributed by atoms with Gasteiger partial charge in [-0.3, -0.25) is 19.1 Å². The van der Waals surface area contributed by atoms with Gasteiger partial charge in [0.05, 0.1) is 46.2 Å². The van der Waals surface area contributed by atoms with Crippen LogP contribution in [-0.2, 0) is 4.79 Å². The molecule has 1 aliphatic heterocycles. The van der Waals surface area contributed by atoms with Crippen LogP contribution in [0.1, 0.15) is 50.0 Å². The van der Waals surface area contributed by atoms with Gasteiger partial charge in [-0.25, -0.2) is 22.8 Å². The molecule has 2 bridgehead atoms. The van der Waals surface area contributed by atoms with E-state index in [9.17, 15) is 18.4 Å². The molecule has 44 heavy (non-hydrogen) atoms. The van der Waals surface area contributed by atoms with Crippen molar-refractivity contribution in [3.63, 3.8) is 0 Å². The molecule has 13 heteroatoms. The average Bonchev–Trinajstić information content (AvgIpc) is 3.51. The minimum absolute atomic E-state index is 0.0299. The zero-order chi connectivity index (χ0) is 31.0. The second-order valence-corrected chi connectivity index (χ2v) is 10.9. The van der Waals surface area contributed by atoms with E-state index in [0.717, 1.165) is 28.1 Å². The van der Waals surface area contributed by atoms with Crippen molar-refractivity contribution in [3.8, 4) is 28.1 Å². The lowest BCUT2D eigenvalue weighted by atomic mass is 9.95. The Bertz CT molecular complexity index is 1930. The number of aromatic nitrogens is 6. The molecule has 0 saturated carbocycles. The maximum Gasteiger partial charge on any atom is 0.283 e. The second kappa shape index (κ2) is 12.0. The Balaban J connectivity index is 1.44. The molecule has 1 aliphatic rings. The van der Waals surface area contributed by atoms with Gasteiger partial charge in [-0.1, -0.05) is 48.4 Å². The Hall–Kier alpha value is -4.84. The first-order valence-corrected chi connectivity index (χ1v) is 14.2. The quantitative estimate of drug-likeness (QED) is 0.242. The minimum atomic E-state index is -2.88. The fourth-order valence-electron chi connectivity index (χ4n) is 5.33. The summed E-state index contributed by atoms with van der Waals surface area (Å²) in [6, 6.07) is 14.4. The number of alkyl halides is 2. The van der Waals surface area contributed by atoms with Crippen molar-refractivity contribution in [1.29, 1.82) is 0 Å². The maximum atomic E-state index is 15.4. The predicted octanol–water partition coefficient (Wildman–Crippen LogP) is 6.63. The van der Waals surface area contributed by atoms with Gasteiger partial charge in [-0.05, 0) is 48.7 Å². The van der Waals surface area contributed by atoms with Crippen molar-refractivity contribution in [3.05, 3.63) is 106 Å². The van der Waals surface area contributed by atoms with E-state index < -0.39 is 29.5 Å². The number of hydrogen-bond acceptors (Lipinski definition) is 6. The van der Waals surface area contributed by atoms with Crippen molar-refractivity contribution in [2.45, 2.75) is 38.7 Å². The summed E-state index contributed by atoms with van der Waals surface area (Å²) in [7, 11) is 0. The van der Waals surface area contributed by atoms with Gasteiger partial charge < -0.3 is 5.32 Å². The summed E-state index contributed by atoms with van der Waals surface area (Å²) in [6.45, 7) is 1.86. The number of benzene rings is 2.